The van der Waals surface area contributed by atoms with Crippen molar-refractivity contribution in [2.24, 2.45) is 0 Å². The molecule has 32 heavy (non-hydrogen) atoms. The Labute approximate surface area is 190 Å². The lowest BCUT2D eigenvalue weighted by atomic mass is 9.72. The van der Waals surface area contributed by atoms with Crippen LogP contribution >= 0.6 is 0 Å². The van der Waals surface area contributed by atoms with Gasteiger partial charge in [0.05, 0.1) is 5.41 Å². The van der Waals surface area contributed by atoms with E-state index in [1.165, 1.54) is 0 Å². The number of ether oxygens (including phenoxy) is 1. The van der Waals surface area contributed by atoms with E-state index in [2.05, 4.69) is 56.3 Å². The summed E-state index contributed by atoms with van der Waals surface area (Å²) < 4.78 is 7.85. The van der Waals surface area contributed by atoms with Crippen LogP contribution < -0.4 is 5.32 Å². The van der Waals surface area contributed by atoms with Crippen molar-refractivity contribution in [1.29, 1.82) is 0 Å². The van der Waals surface area contributed by atoms with E-state index in [1.54, 1.807) is 0 Å². The third kappa shape index (κ3) is 4.20. The lowest BCUT2D eigenvalue weighted by molar-refractivity contribution is -0.129. The van der Waals surface area contributed by atoms with Crippen molar-refractivity contribution in [3.05, 3.63) is 47.5 Å². The fourth-order valence-corrected chi connectivity index (χ4v) is 5.64. The smallest absolute Gasteiger partial charge is 0.230 e. The standard InChI is InChI=1S/C25H35N5O2/c1-29-15-12-25(13-16-29,20-5-3-2-4-6-20)24(31)26-21-7-8-22-27-28-23(30(22)14-9-21)19-10-17-32-18-11-19/h2-6,19,21H,7-18H2,1H3,(H,26,31). The number of fused-ring (bicyclic) bond motifs is 1. The number of hydrogen-bond donors (Lipinski definition) is 1. The molecule has 1 aromatic heterocycles. The van der Waals surface area contributed by atoms with Gasteiger partial charge in [-0.2, -0.15) is 0 Å². The summed E-state index contributed by atoms with van der Waals surface area (Å²) in [4.78, 5) is 16.1. The van der Waals surface area contributed by atoms with Gasteiger partial charge in [0.15, 0.2) is 0 Å². The largest absolute Gasteiger partial charge is 0.381 e. The highest BCUT2D eigenvalue weighted by Gasteiger charge is 2.43. The molecule has 1 aromatic carbocycles. The number of rotatable bonds is 4. The molecule has 1 amide bonds. The van der Waals surface area contributed by atoms with Crippen LogP contribution in [-0.2, 0) is 27.9 Å². The Kier molecular flexibility index (Phi) is 6.28. The molecule has 1 unspecified atom stereocenters. The highest BCUT2D eigenvalue weighted by molar-refractivity contribution is 5.88. The fraction of sp³-hybridized carbons (Fsp3) is 0.640. The van der Waals surface area contributed by atoms with E-state index in [-0.39, 0.29) is 11.9 Å². The van der Waals surface area contributed by atoms with Crippen molar-refractivity contribution in [2.45, 2.75) is 68.9 Å². The average Bonchev–Trinajstić information content (AvgIpc) is 3.15. The van der Waals surface area contributed by atoms with Crippen molar-refractivity contribution in [3.8, 4) is 0 Å². The Hall–Kier alpha value is -2.25. The molecule has 2 aromatic rings. The molecule has 7 heteroatoms. The summed E-state index contributed by atoms with van der Waals surface area (Å²) in [6, 6.07) is 10.6. The molecule has 0 spiro atoms. The van der Waals surface area contributed by atoms with E-state index in [9.17, 15) is 4.79 Å². The van der Waals surface area contributed by atoms with Gasteiger partial charge in [-0.15, -0.1) is 10.2 Å². The third-order valence-corrected chi connectivity index (χ3v) is 7.80. The number of likely N-dealkylation sites (tertiary alicyclic amines) is 1. The van der Waals surface area contributed by atoms with Gasteiger partial charge in [-0.05, 0) is 64.2 Å². The van der Waals surface area contributed by atoms with Gasteiger partial charge >= 0.3 is 0 Å². The first-order chi connectivity index (χ1) is 15.7. The second-order valence-corrected chi connectivity index (χ2v) is 9.76. The van der Waals surface area contributed by atoms with E-state index in [0.29, 0.717) is 5.92 Å². The molecule has 2 saturated heterocycles. The number of aromatic nitrogens is 3. The van der Waals surface area contributed by atoms with Gasteiger partial charge in [0.2, 0.25) is 5.91 Å². The van der Waals surface area contributed by atoms with Crippen LogP contribution in [0.1, 0.15) is 61.7 Å². The lowest BCUT2D eigenvalue weighted by Crippen LogP contribution is -2.53. The van der Waals surface area contributed by atoms with Crippen LogP contribution in [0, 0.1) is 0 Å². The highest BCUT2D eigenvalue weighted by Crippen LogP contribution is 2.36. The van der Waals surface area contributed by atoms with Crippen LogP contribution in [0.15, 0.2) is 30.3 Å². The number of carbonyl (C=O) groups is 1. The quantitative estimate of drug-likeness (QED) is 0.796. The van der Waals surface area contributed by atoms with Crippen molar-refractivity contribution < 1.29 is 9.53 Å². The van der Waals surface area contributed by atoms with E-state index >= 15 is 0 Å². The van der Waals surface area contributed by atoms with Gasteiger partial charge in [-0.25, -0.2) is 0 Å². The highest BCUT2D eigenvalue weighted by atomic mass is 16.5. The number of nitrogens with zero attached hydrogens (tertiary/aromatic N) is 4. The molecule has 3 aliphatic heterocycles. The van der Waals surface area contributed by atoms with Crippen molar-refractivity contribution in [3.63, 3.8) is 0 Å². The Bertz CT molecular complexity index is 914. The number of aryl methyl sites for hydroxylation is 1. The molecule has 3 aliphatic rings. The zero-order valence-electron chi connectivity index (χ0n) is 19.1. The van der Waals surface area contributed by atoms with Crippen LogP contribution in [0.5, 0.6) is 0 Å². The van der Waals surface area contributed by atoms with E-state index in [0.717, 1.165) is 95.0 Å². The van der Waals surface area contributed by atoms with Gasteiger partial charge in [0, 0.05) is 38.1 Å². The van der Waals surface area contributed by atoms with Crippen LogP contribution in [-0.4, -0.2) is 65.0 Å². The van der Waals surface area contributed by atoms with Crippen LogP contribution in [0.2, 0.25) is 0 Å². The van der Waals surface area contributed by atoms with Crippen molar-refractivity contribution in [2.75, 3.05) is 33.4 Å². The van der Waals surface area contributed by atoms with E-state index in [4.69, 9.17) is 4.74 Å². The molecule has 0 bridgehead atoms. The summed E-state index contributed by atoms with van der Waals surface area (Å²) in [6.45, 7) is 4.39. The van der Waals surface area contributed by atoms with E-state index < -0.39 is 5.41 Å². The number of hydrogen-bond acceptors (Lipinski definition) is 5. The predicted molar refractivity (Wildman–Crippen MR) is 123 cm³/mol. The summed E-state index contributed by atoms with van der Waals surface area (Å²) in [7, 11) is 2.14. The van der Waals surface area contributed by atoms with Crippen LogP contribution in [0.3, 0.4) is 0 Å². The summed E-state index contributed by atoms with van der Waals surface area (Å²) in [5.41, 5.74) is 0.723. The number of nitrogens with one attached hydrogen (secondary N) is 1. The fourth-order valence-electron chi connectivity index (χ4n) is 5.64. The maximum Gasteiger partial charge on any atom is 0.230 e. The first kappa shape index (κ1) is 21.6. The monoisotopic (exact) mass is 437 g/mol. The van der Waals surface area contributed by atoms with Gasteiger partial charge in [0.1, 0.15) is 11.6 Å². The molecule has 172 valence electrons. The second kappa shape index (κ2) is 9.32. The van der Waals surface area contributed by atoms with Crippen molar-refractivity contribution in [1.82, 2.24) is 25.0 Å². The topological polar surface area (TPSA) is 72.3 Å². The minimum atomic E-state index is -0.428. The summed E-state index contributed by atoms with van der Waals surface area (Å²) in [6.07, 6.45) is 6.48. The summed E-state index contributed by atoms with van der Waals surface area (Å²) >= 11 is 0. The normalized spacial score (nSPS) is 24.5. The molecule has 0 aliphatic carbocycles. The molecule has 4 heterocycles. The molecule has 0 radical (unpaired) electrons. The minimum Gasteiger partial charge on any atom is -0.381 e. The maximum atomic E-state index is 13.8. The molecular formula is C25H35N5O2. The molecule has 1 N–H and O–H groups in total. The minimum absolute atomic E-state index is 0.173. The zero-order valence-corrected chi connectivity index (χ0v) is 19.1. The number of benzene rings is 1. The lowest BCUT2D eigenvalue weighted by Gasteiger charge is -2.40. The predicted octanol–water partition coefficient (Wildman–Crippen LogP) is 2.66. The number of piperidine rings is 1. The maximum absolute atomic E-state index is 13.8. The van der Waals surface area contributed by atoms with Crippen molar-refractivity contribution >= 4 is 5.91 Å². The van der Waals surface area contributed by atoms with Gasteiger partial charge in [-0.3, -0.25) is 4.79 Å². The van der Waals surface area contributed by atoms with Gasteiger partial charge in [0.25, 0.3) is 0 Å². The molecule has 2 fully saturated rings. The van der Waals surface area contributed by atoms with E-state index in [1.807, 2.05) is 6.07 Å². The Morgan fingerprint density at radius 2 is 1.78 bits per heavy atom. The first-order valence-corrected chi connectivity index (χ1v) is 12.2. The SMILES string of the molecule is CN1CCC(C(=O)NC2CCc3nnc(C4CCOCC4)n3CC2)(c2ccccc2)CC1. The summed E-state index contributed by atoms with van der Waals surface area (Å²) in [5.74, 6) is 2.83. The molecule has 0 saturated carbocycles. The molecular weight excluding hydrogens is 402 g/mol. The number of amides is 1. The first-order valence-electron chi connectivity index (χ1n) is 12.2. The molecule has 7 nitrogen and oxygen atoms in total. The average molecular weight is 438 g/mol. The Balaban J connectivity index is 1.29. The second-order valence-electron chi connectivity index (χ2n) is 9.76. The van der Waals surface area contributed by atoms with Gasteiger partial charge in [-0.1, -0.05) is 30.3 Å². The third-order valence-electron chi connectivity index (χ3n) is 7.80. The Morgan fingerprint density at radius 1 is 1.03 bits per heavy atom. The molecule has 5 rings (SSSR count). The summed E-state index contributed by atoms with van der Waals surface area (Å²) in [5, 5.41) is 12.5. The Morgan fingerprint density at radius 3 is 2.53 bits per heavy atom. The van der Waals surface area contributed by atoms with Gasteiger partial charge < -0.3 is 19.5 Å². The zero-order chi connectivity index (χ0) is 22.0. The van der Waals surface area contributed by atoms with Crippen LogP contribution in [0.25, 0.3) is 0 Å². The molecule has 1 atom stereocenters. The number of carbonyl (C=O) groups excluding carboxylic acids is 1. The van der Waals surface area contributed by atoms with Crippen LogP contribution in [0.4, 0.5) is 0 Å².